The van der Waals surface area contributed by atoms with Crippen molar-refractivity contribution >= 4 is 5.78 Å². The second kappa shape index (κ2) is 4.22. The fourth-order valence-electron chi connectivity index (χ4n) is 0.676. The summed E-state index contributed by atoms with van der Waals surface area (Å²) in [6.07, 6.45) is 5.35. The van der Waals surface area contributed by atoms with Crippen LogP contribution in [0.25, 0.3) is 0 Å². The number of aromatic amines is 1. The highest BCUT2D eigenvalue weighted by atomic mass is 79.9. The maximum absolute atomic E-state index is 10.5. The van der Waals surface area contributed by atoms with E-state index in [9.17, 15) is 4.79 Å². The second-order valence-corrected chi connectivity index (χ2v) is 1.99. The van der Waals surface area contributed by atoms with Crippen LogP contribution in [-0.2, 0) is 11.3 Å². The molecule has 0 spiro atoms. The molecule has 0 fully saturated rings. The van der Waals surface area contributed by atoms with Gasteiger partial charge in [0.2, 0.25) is 6.33 Å². The first-order valence-corrected chi connectivity index (χ1v) is 2.80. The fraction of sp³-hybridized carbons (Fsp3) is 0.333. The average molecular weight is 205 g/mol. The lowest BCUT2D eigenvalue weighted by Crippen LogP contribution is -3.00. The van der Waals surface area contributed by atoms with Crippen molar-refractivity contribution < 1.29 is 26.8 Å². The topological polar surface area (TPSA) is 36.1 Å². The van der Waals surface area contributed by atoms with Gasteiger partial charge in [0.05, 0.1) is 0 Å². The Morgan fingerprint density at radius 3 is 2.80 bits per heavy atom. The lowest BCUT2D eigenvalue weighted by molar-refractivity contribution is -0.377. The van der Waals surface area contributed by atoms with Gasteiger partial charge in [-0.15, -0.1) is 0 Å². The first-order chi connectivity index (χ1) is 4.29. The van der Waals surface area contributed by atoms with Crippen LogP contribution in [0.4, 0.5) is 0 Å². The van der Waals surface area contributed by atoms with E-state index in [1.165, 1.54) is 0 Å². The number of Topliss-reactive ketones (excluding diaryl/α,β-unsaturated/α-hetero) is 1. The molecular weight excluding hydrogens is 196 g/mol. The molecule has 56 valence electrons. The molecule has 1 aromatic rings. The van der Waals surface area contributed by atoms with Crippen LogP contribution in [0.2, 0.25) is 0 Å². The quantitative estimate of drug-likeness (QED) is 0.503. The number of nitrogens with zero attached hydrogens (tertiary/aromatic N) is 1. The molecule has 1 aromatic heterocycles. The van der Waals surface area contributed by atoms with Crippen LogP contribution in [0, 0.1) is 0 Å². The Kier molecular flexibility index (Phi) is 3.95. The van der Waals surface area contributed by atoms with Gasteiger partial charge in [-0.3, -0.25) is 9.78 Å². The van der Waals surface area contributed by atoms with Crippen LogP contribution in [0.1, 0.15) is 6.92 Å². The maximum Gasteiger partial charge on any atom is 0.241 e. The monoisotopic (exact) mass is 204 g/mol. The minimum Gasteiger partial charge on any atom is -1.00 e. The first kappa shape index (κ1) is 9.36. The largest absolute Gasteiger partial charge is 1.00 e. The third kappa shape index (κ3) is 2.77. The van der Waals surface area contributed by atoms with E-state index >= 15 is 0 Å². The van der Waals surface area contributed by atoms with Crippen LogP contribution in [0.5, 0.6) is 0 Å². The van der Waals surface area contributed by atoms with E-state index in [1.807, 2.05) is 6.20 Å². The van der Waals surface area contributed by atoms with Gasteiger partial charge in [0.25, 0.3) is 0 Å². The van der Waals surface area contributed by atoms with Gasteiger partial charge in [-0.05, 0) is 6.92 Å². The van der Waals surface area contributed by atoms with Crippen molar-refractivity contribution in [3.63, 3.8) is 0 Å². The molecule has 0 aliphatic rings. The Bertz CT molecular complexity index is 196. The summed E-state index contributed by atoms with van der Waals surface area (Å²) in [5.41, 5.74) is 0. The number of hydrogen-bond donors (Lipinski definition) is 0. The second-order valence-electron chi connectivity index (χ2n) is 1.99. The predicted molar refractivity (Wildman–Crippen MR) is 31.7 cm³/mol. The van der Waals surface area contributed by atoms with E-state index in [0.29, 0.717) is 6.54 Å². The van der Waals surface area contributed by atoms with Gasteiger partial charge >= 0.3 is 0 Å². The van der Waals surface area contributed by atoms with Gasteiger partial charge < -0.3 is 17.0 Å². The molecule has 0 saturated carbocycles. The van der Waals surface area contributed by atoms with Gasteiger partial charge in [0.15, 0.2) is 5.78 Å². The average Bonchev–Trinajstić information content (AvgIpc) is 2.15. The zero-order valence-corrected chi connectivity index (χ0v) is 7.26. The summed E-state index contributed by atoms with van der Waals surface area (Å²) in [4.78, 5) is 13.3. The SMILES string of the molecule is CC(=O)Cn1cc[nH+]c1.[Br-]. The Morgan fingerprint density at radius 1 is 1.70 bits per heavy atom. The van der Waals surface area contributed by atoms with Crippen molar-refractivity contribution in [2.24, 2.45) is 0 Å². The van der Waals surface area contributed by atoms with E-state index < -0.39 is 0 Å². The number of carbonyl (C=O) groups excluding carboxylic acids is 1. The lowest BCUT2D eigenvalue weighted by atomic mass is 10.4. The van der Waals surface area contributed by atoms with Crippen LogP contribution in [-0.4, -0.2) is 10.4 Å². The van der Waals surface area contributed by atoms with Crippen molar-refractivity contribution in [1.29, 1.82) is 0 Å². The van der Waals surface area contributed by atoms with Crippen LogP contribution >= 0.6 is 0 Å². The number of imidazole rings is 1. The molecule has 4 heteroatoms. The number of carbonyl (C=O) groups is 1. The van der Waals surface area contributed by atoms with Gasteiger partial charge in [-0.25, -0.2) is 4.57 Å². The number of aromatic nitrogens is 2. The van der Waals surface area contributed by atoms with Gasteiger partial charge in [0, 0.05) is 0 Å². The highest BCUT2D eigenvalue weighted by Gasteiger charge is 1.98. The number of hydrogen-bond acceptors (Lipinski definition) is 1. The third-order valence-corrected chi connectivity index (χ3v) is 1.01. The molecule has 0 atom stereocenters. The predicted octanol–water partition coefficient (Wildman–Crippen LogP) is -3.10. The third-order valence-electron chi connectivity index (χ3n) is 1.01. The molecule has 0 saturated heterocycles. The minimum absolute atomic E-state index is 0. The highest BCUT2D eigenvalue weighted by Crippen LogP contribution is 1.81. The summed E-state index contributed by atoms with van der Waals surface area (Å²) in [6.45, 7) is 2.03. The van der Waals surface area contributed by atoms with Gasteiger partial charge in [0.1, 0.15) is 18.9 Å². The number of nitrogens with one attached hydrogen (secondary N) is 1. The van der Waals surface area contributed by atoms with E-state index in [1.54, 1.807) is 24.0 Å². The number of ketones is 1. The Labute approximate surface area is 69.8 Å². The normalized spacial score (nSPS) is 8.50. The van der Waals surface area contributed by atoms with Crippen molar-refractivity contribution in [1.82, 2.24) is 4.57 Å². The molecule has 1 N–H and O–H groups in total. The number of halogens is 1. The van der Waals surface area contributed by atoms with Crippen molar-refractivity contribution in [2.45, 2.75) is 13.5 Å². The summed E-state index contributed by atoms with van der Waals surface area (Å²) in [5.74, 6) is 0.166. The summed E-state index contributed by atoms with van der Waals surface area (Å²) in [5, 5.41) is 0. The minimum atomic E-state index is 0. The molecule has 0 aromatic carbocycles. The van der Waals surface area contributed by atoms with Crippen molar-refractivity contribution in [3.8, 4) is 0 Å². The van der Waals surface area contributed by atoms with E-state index in [2.05, 4.69) is 4.98 Å². The standard InChI is InChI=1S/C6H8N2O.BrH/c1-6(9)4-8-3-2-7-5-8;/h2-3,5H,4H2,1H3;1H. The molecule has 0 radical (unpaired) electrons. The fourth-order valence-corrected chi connectivity index (χ4v) is 0.676. The smallest absolute Gasteiger partial charge is 0.241 e. The zero-order chi connectivity index (χ0) is 6.69. The van der Waals surface area contributed by atoms with Crippen molar-refractivity contribution in [2.75, 3.05) is 0 Å². The Balaban J connectivity index is 0.000000810. The van der Waals surface area contributed by atoms with Crippen molar-refractivity contribution in [3.05, 3.63) is 18.7 Å². The first-order valence-electron chi connectivity index (χ1n) is 2.80. The molecule has 1 heterocycles. The summed E-state index contributed by atoms with van der Waals surface area (Å²) in [6, 6.07) is 0. The lowest BCUT2D eigenvalue weighted by Gasteiger charge is -1.85. The zero-order valence-electron chi connectivity index (χ0n) is 5.67. The Hall–Kier alpha value is -0.640. The molecule has 1 rings (SSSR count). The molecule has 3 nitrogen and oxygen atoms in total. The molecule has 0 aliphatic carbocycles. The van der Waals surface area contributed by atoms with Gasteiger partial charge in [-0.2, -0.15) is 0 Å². The number of H-pyrrole nitrogens is 1. The van der Waals surface area contributed by atoms with Crippen LogP contribution in [0.15, 0.2) is 18.7 Å². The molecule has 0 aliphatic heterocycles. The molecule has 0 amide bonds. The van der Waals surface area contributed by atoms with E-state index in [0.717, 1.165) is 0 Å². The van der Waals surface area contributed by atoms with E-state index in [4.69, 9.17) is 0 Å². The molecule has 0 bridgehead atoms. The maximum atomic E-state index is 10.5. The van der Waals surface area contributed by atoms with Crippen LogP contribution in [0.3, 0.4) is 0 Å². The highest BCUT2D eigenvalue weighted by molar-refractivity contribution is 5.75. The van der Waals surface area contributed by atoms with Crippen LogP contribution < -0.4 is 22.0 Å². The number of rotatable bonds is 2. The van der Waals surface area contributed by atoms with E-state index in [-0.39, 0.29) is 22.8 Å². The summed E-state index contributed by atoms with van der Waals surface area (Å²) < 4.78 is 1.79. The molecule has 0 unspecified atom stereocenters. The summed E-state index contributed by atoms with van der Waals surface area (Å²) >= 11 is 0. The Morgan fingerprint density at radius 2 is 2.40 bits per heavy atom. The molecule has 10 heavy (non-hydrogen) atoms. The van der Waals surface area contributed by atoms with Gasteiger partial charge in [-0.1, -0.05) is 0 Å². The summed E-state index contributed by atoms with van der Waals surface area (Å²) in [7, 11) is 0. The molecular formula is C6H9BrN2O.